The lowest BCUT2D eigenvalue weighted by molar-refractivity contribution is 0.0606. The Morgan fingerprint density at radius 3 is 3.15 bits per heavy atom. The SMILES string of the molecule is CCNCc1ncc(C(=O)OC)s1. The maximum absolute atomic E-state index is 11.0. The molecule has 0 aliphatic heterocycles. The Kier molecular flexibility index (Phi) is 3.85. The Hall–Kier alpha value is -0.940. The van der Waals surface area contributed by atoms with Gasteiger partial charge in [0, 0.05) is 6.54 Å². The lowest BCUT2D eigenvalue weighted by Gasteiger charge is -1.94. The third kappa shape index (κ3) is 2.78. The van der Waals surface area contributed by atoms with Crippen molar-refractivity contribution in [3.8, 4) is 0 Å². The van der Waals surface area contributed by atoms with Crippen molar-refractivity contribution in [2.75, 3.05) is 13.7 Å². The molecule has 0 radical (unpaired) electrons. The van der Waals surface area contributed by atoms with Gasteiger partial charge in [0.15, 0.2) is 0 Å². The minimum atomic E-state index is -0.319. The maximum Gasteiger partial charge on any atom is 0.349 e. The number of rotatable bonds is 4. The minimum Gasteiger partial charge on any atom is -0.465 e. The smallest absolute Gasteiger partial charge is 0.349 e. The lowest BCUT2D eigenvalue weighted by Crippen LogP contribution is -2.11. The summed E-state index contributed by atoms with van der Waals surface area (Å²) in [6, 6.07) is 0. The molecular weight excluding hydrogens is 188 g/mol. The van der Waals surface area contributed by atoms with Gasteiger partial charge < -0.3 is 10.1 Å². The second kappa shape index (κ2) is 4.94. The average molecular weight is 200 g/mol. The Morgan fingerprint density at radius 2 is 2.54 bits per heavy atom. The fourth-order valence-electron chi connectivity index (χ4n) is 0.819. The molecular formula is C8H12N2O2S. The molecule has 1 heterocycles. The predicted octanol–water partition coefficient (Wildman–Crippen LogP) is 1.04. The van der Waals surface area contributed by atoms with Crippen LogP contribution in [0.3, 0.4) is 0 Å². The largest absolute Gasteiger partial charge is 0.465 e. The van der Waals surface area contributed by atoms with Crippen molar-refractivity contribution in [1.82, 2.24) is 10.3 Å². The Morgan fingerprint density at radius 1 is 1.77 bits per heavy atom. The summed E-state index contributed by atoms with van der Waals surface area (Å²) >= 11 is 1.36. The number of ether oxygens (including phenoxy) is 1. The van der Waals surface area contributed by atoms with Crippen molar-refractivity contribution in [1.29, 1.82) is 0 Å². The molecule has 4 nitrogen and oxygen atoms in total. The van der Waals surface area contributed by atoms with Crippen LogP contribution in [0.5, 0.6) is 0 Å². The van der Waals surface area contributed by atoms with Gasteiger partial charge in [-0.1, -0.05) is 6.92 Å². The molecule has 1 N–H and O–H groups in total. The zero-order chi connectivity index (χ0) is 9.68. The third-order valence-corrected chi connectivity index (χ3v) is 2.44. The van der Waals surface area contributed by atoms with E-state index in [-0.39, 0.29) is 5.97 Å². The van der Waals surface area contributed by atoms with Gasteiger partial charge in [-0.25, -0.2) is 9.78 Å². The topological polar surface area (TPSA) is 51.2 Å². The Bertz CT molecular complexity index is 285. The average Bonchev–Trinajstić information content (AvgIpc) is 2.62. The van der Waals surface area contributed by atoms with E-state index in [0.717, 1.165) is 11.6 Å². The van der Waals surface area contributed by atoms with Gasteiger partial charge in [0.1, 0.15) is 9.88 Å². The quantitative estimate of drug-likeness (QED) is 0.738. The van der Waals surface area contributed by atoms with Crippen LogP contribution in [-0.2, 0) is 11.3 Å². The van der Waals surface area contributed by atoms with Gasteiger partial charge in [-0.3, -0.25) is 0 Å². The van der Waals surface area contributed by atoms with Crippen LogP contribution in [0.4, 0.5) is 0 Å². The van der Waals surface area contributed by atoms with Crippen molar-refractivity contribution in [2.24, 2.45) is 0 Å². The van der Waals surface area contributed by atoms with Crippen molar-refractivity contribution >= 4 is 17.3 Å². The first-order valence-corrected chi connectivity index (χ1v) is 4.83. The molecule has 0 unspecified atom stereocenters. The minimum absolute atomic E-state index is 0.319. The highest BCUT2D eigenvalue weighted by molar-refractivity contribution is 7.13. The summed E-state index contributed by atoms with van der Waals surface area (Å²) in [5, 5.41) is 4.04. The molecule has 13 heavy (non-hydrogen) atoms. The predicted molar refractivity (Wildman–Crippen MR) is 50.8 cm³/mol. The van der Waals surface area contributed by atoms with E-state index in [2.05, 4.69) is 15.0 Å². The van der Waals surface area contributed by atoms with Crippen LogP contribution in [0.15, 0.2) is 6.20 Å². The maximum atomic E-state index is 11.0. The Labute approximate surface area is 80.9 Å². The van der Waals surface area contributed by atoms with Gasteiger partial charge in [0.2, 0.25) is 0 Å². The molecule has 0 saturated carbocycles. The van der Waals surface area contributed by atoms with Crippen LogP contribution in [0.2, 0.25) is 0 Å². The summed E-state index contributed by atoms with van der Waals surface area (Å²) in [6.45, 7) is 3.63. The monoisotopic (exact) mass is 200 g/mol. The number of thiazole rings is 1. The number of hydrogen-bond acceptors (Lipinski definition) is 5. The van der Waals surface area contributed by atoms with Crippen LogP contribution in [0.1, 0.15) is 21.6 Å². The van der Waals surface area contributed by atoms with Gasteiger partial charge in [-0.2, -0.15) is 0 Å². The molecule has 0 aromatic carbocycles. The highest BCUT2D eigenvalue weighted by Crippen LogP contribution is 2.13. The summed E-state index contributed by atoms with van der Waals surface area (Å²) < 4.78 is 4.57. The van der Waals surface area contributed by atoms with Gasteiger partial charge in [-0.15, -0.1) is 11.3 Å². The number of esters is 1. The zero-order valence-electron chi connectivity index (χ0n) is 7.66. The van der Waals surface area contributed by atoms with Gasteiger partial charge >= 0.3 is 5.97 Å². The van der Waals surface area contributed by atoms with Crippen LogP contribution in [-0.4, -0.2) is 24.6 Å². The normalized spacial score (nSPS) is 10.0. The van der Waals surface area contributed by atoms with Gasteiger partial charge in [-0.05, 0) is 6.54 Å². The third-order valence-electron chi connectivity index (χ3n) is 1.47. The second-order valence-electron chi connectivity index (χ2n) is 2.39. The van der Waals surface area contributed by atoms with Gasteiger partial charge in [0.05, 0.1) is 13.3 Å². The van der Waals surface area contributed by atoms with E-state index in [1.807, 2.05) is 6.92 Å². The molecule has 0 atom stereocenters. The number of carbonyl (C=O) groups excluding carboxylic acids is 1. The first-order valence-electron chi connectivity index (χ1n) is 4.01. The van der Waals surface area contributed by atoms with Crippen molar-refractivity contribution < 1.29 is 9.53 Å². The van der Waals surface area contributed by atoms with E-state index in [9.17, 15) is 4.79 Å². The van der Waals surface area contributed by atoms with E-state index >= 15 is 0 Å². The molecule has 0 bridgehead atoms. The molecule has 0 aliphatic rings. The van der Waals surface area contributed by atoms with Crippen LogP contribution < -0.4 is 5.32 Å². The summed E-state index contributed by atoms with van der Waals surface area (Å²) in [5.41, 5.74) is 0. The number of methoxy groups -OCH3 is 1. The molecule has 0 spiro atoms. The van der Waals surface area contributed by atoms with Gasteiger partial charge in [0.25, 0.3) is 0 Å². The van der Waals surface area contributed by atoms with Crippen molar-refractivity contribution in [3.63, 3.8) is 0 Å². The molecule has 0 saturated heterocycles. The number of hydrogen-bond donors (Lipinski definition) is 1. The molecule has 0 fully saturated rings. The van der Waals surface area contributed by atoms with Crippen molar-refractivity contribution in [2.45, 2.75) is 13.5 Å². The molecule has 1 aromatic heterocycles. The summed E-state index contributed by atoms with van der Waals surface area (Å²) in [6.07, 6.45) is 1.54. The molecule has 0 amide bonds. The van der Waals surface area contributed by atoms with Crippen LogP contribution >= 0.6 is 11.3 Å². The fourth-order valence-corrected chi connectivity index (χ4v) is 1.62. The highest BCUT2D eigenvalue weighted by atomic mass is 32.1. The van der Waals surface area contributed by atoms with E-state index < -0.39 is 0 Å². The standard InChI is InChI=1S/C8H12N2O2S/c1-3-9-5-7-10-4-6(13-7)8(11)12-2/h4,9H,3,5H2,1-2H3. The highest BCUT2D eigenvalue weighted by Gasteiger charge is 2.09. The zero-order valence-corrected chi connectivity index (χ0v) is 8.48. The lowest BCUT2D eigenvalue weighted by atomic mass is 10.6. The van der Waals surface area contributed by atoms with E-state index in [4.69, 9.17) is 0 Å². The Balaban J connectivity index is 2.58. The molecule has 1 rings (SSSR count). The number of aromatic nitrogens is 1. The summed E-state index contributed by atoms with van der Waals surface area (Å²) in [5.74, 6) is -0.319. The van der Waals surface area contributed by atoms with Crippen molar-refractivity contribution in [3.05, 3.63) is 16.1 Å². The first kappa shape index (κ1) is 10.1. The first-order chi connectivity index (χ1) is 6.27. The van der Waals surface area contributed by atoms with E-state index in [1.54, 1.807) is 6.20 Å². The van der Waals surface area contributed by atoms with Crippen LogP contribution in [0.25, 0.3) is 0 Å². The molecule has 72 valence electrons. The fraction of sp³-hybridized carbons (Fsp3) is 0.500. The van der Waals surface area contributed by atoms with E-state index in [1.165, 1.54) is 18.4 Å². The molecule has 1 aromatic rings. The summed E-state index contributed by atoms with van der Waals surface area (Å²) in [4.78, 5) is 15.7. The van der Waals surface area contributed by atoms with Crippen LogP contribution in [0, 0.1) is 0 Å². The molecule has 0 aliphatic carbocycles. The number of carbonyl (C=O) groups is 1. The summed E-state index contributed by atoms with van der Waals surface area (Å²) in [7, 11) is 1.37. The molecule has 5 heteroatoms. The number of nitrogens with zero attached hydrogens (tertiary/aromatic N) is 1. The number of nitrogens with one attached hydrogen (secondary N) is 1. The second-order valence-corrected chi connectivity index (χ2v) is 3.51. The van der Waals surface area contributed by atoms with E-state index in [0.29, 0.717) is 11.4 Å².